The van der Waals surface area contributed by atoms with Crippen molar-refractivity contribution in [2.24, 2.45) is 0 Å². The maximum absolute atomic E-state index is 12.9. The van der Waals surface area contributed by atoms with Crippen molar-refractivity contribution in [3.63, 3.8) is 0 Å². The molecule has 2 heterocycles. The van der Waals surface area contributed by atoms with Gasteiger partial charge >= 0.3 is 6.18 Å². The molecule has 2 aromatic heterocycles. The molecule has 8 heteroatoms. The summed E-state index contributed by atoms with van der Waals surface area (Å²) in [6.07, 6.45) is -1.29. The van der Waals surface area contributed by atoms with Crippen LogP contribution in [0.15, 0.2) is 48.8 Å². The van der Waals surface area contributed by atoms with Gasteiger partial charge in [0.15, 0.2) is 0 Å². The Hall–Kier alpha value is -2.54. The topological polar surface area (TPSA) is 46.4 Å². The summed E-state index contributed by atoms with van der Waals surface area (Å²) in [5.74, 6) is -0.807. The van der Waals surface area contributed by atoms with Gasteiger partial charge in [0.2, 0.25) is 0 Å². The zero-order chi connectivity index (χ0) is 17.3. The molecule has 3 rings (SSSR count). The van der Waals surface area contributed by atoms with Crippen LogP contribution in [0.25, 0.3) is 5.65 Å². The van der Waals surface area contributed by atoms with Crippen LogP contribution in [0, 0.1) is 0 Å². The summed E-state index contributed by atoms with van der Waals surface area (Å²) in [6, 6.07) is 8.02. The summed E-state index contributed by atoms with van der Waals surface area (Å²) in [7, 11) is 0. The van der Waals surface area contributed by atoms with E-state index in [-0.39, 0.29) is 6.54 Å². The number of rotatable bonds is 3. The quantitative estimate of drug-likeness (QED) is 0.775. The predicted octanol–water partition coefficient (Wildman–Crippen LogP) is 3.94. The number of fused-ring (bicyclic) bond motifs is 1. The minimum Gasteiger partial charge on any atom is -0.346 e. The molecule has 0 bridgehead atoms. The molecule has 4 nitrogen and oxygen atoms in total. The second-order valence-electron chi connectivity index (χ2n) is 5.07. The standard InChI is InChI=1S/C16H11ClF3N3O/c17-10-5-6-14-22-11(9-23(14)8-10)7-21-15(24)12-3-1-2-4-13(12)16(18,19)20/h1-6,8-9H,7H2,(H,21,24). The highest BCUT2D eigenvalue weighted by Crippen LogP contribution is 2.31. The van der Waals surface area contributed by atoms with Crippen molar-refractivity contribution in [1.29, 1.82) is 0 Å². The molecule has 3 aromatic rings. The Kier molecular flexibility index (Phi) is 4.19. The van der Waals surface area contributed by atoms with Gasteiger partial charge in [0.05, 0.1) is 28.4 Å². The second kappa shape index (κ2) is 6.16. The SMILES string of the molecule is O=C(NCc1cn2cc(Cl)ccc2n1)c1ccccc1C(F)(F)F. The summed E-state index contributed by atoms with van der Waals surface area (Å²) in [5, 5.41) is 2.98. The van der Waals surface area contributed by atoms with Crippen molar-refractivity contribution < 1.29 is 18.0 Å². The van der Waals surface area contributed by atoms with Crippen LogP contribution in [-0.4, -0.2) is 15.3 Å². The third-order valence-corrected chi connectivity index (χ3v) is 3.60. The molecule has 0 saturated heterocycles. The molecule has 0 spiro atoms. The molecular weight excluding hydrogens is 343 g/mol. The first-order valence-corrected chi connectivity index (χ1v) is 7.30. The number of hydrogen-bond acceptors (Lipinski definition) is 2. The minimum absolute atomic E-state index is 0.00429. The van der Waals surface area contributed by atoms with Crippen LogP contribution in [0.3, 0.4) is 0 Å². The maximum Gasteiger partial charge on any atom is 0.417 e. The molecule has 0 radical (unpaired) electrons. The van der Waals surface area contributed by atoms with Gasteiger partial charge in [-0.2, -0.15) is 13.2 Å². The van der Waals surface area contributed by atoms with Crippen LogP contribution in [0.2, 0.25) is 5.02 Å². The van der Waals surface area contributed by atoms with E-state index in [1.165, 1.54) is 12.1 Å². The smallest absolute Gasteiger partial charge is 0.346 e. The Labute approximate surface area is 139 Å². The van der Waals surface area contributed by atoms with Gasteiger partial charge in [-0.25, -0.2) is 4.98 Å². The lowest BCUT2D eigenvalue weighted by Gasteiger charge is -2.12. The number of nitrogens with one attached hydrogen (secondary N) is 1. The van der Waals surface area contributed by atoms with Crippen molar-refractivity contribution in [1.82, 2.24) is 14.7 Å². The van der Waals surface area contributed by atoms with Crippen molar-refractivity contribution in [3.8, 4) is 0 Å². The van der Waals surface area contributed by atoms with Crippen LogP contribution in [0.4, 0.5) is 13.2 Å². The van der Waals surface area contributed by atoms with Crippen LogP contribution in [-0.2, 0) is 12.7 Å². The fourth-order valence-corrected chi connectivity index (χ4v) is 2.46. The van der Waals surface area contributed by atoms with Crippen LogP contribution >= 0.6 is 11.6 Å². The Bertz CT molecular complexity index is 905. The molecule has 0 aliphatic carbocycles. The lowest BCUT2D eigenvalue weighted by atomic mass is 10.1. The number of imidazole rings is 1. The van der Waals surface area contributed by atoms with E-state index in [1.54, 1.807) is 28.9 Å². The first-order chi connectivity index (χ1) is 11.3. The number of alkyl halides is 3. The van der Waals surface area contributed by atoms with E-state index in [2.05, 4.69) is 10.3 Å². The van der Waals surface area contributed by atoms with Gasteiger partial charge in [-0.15, -0.1) is 0 Å². The summed E-state index contributed by atoms with van der Waals surface area (Å²) < 4.78 is 40.5. The minimum atomic E-state index is -4.59. The molecule has 24 heavy (non-hydrogen) atoms. The molecule has 0 aliphatic heterocycles. The zero-order valence-corrected chi connectivity index (χ0v) is 12.9. The first kappa shape index (κ1) is 16.3. The fourth-order valence-electron chi connectivity index (χ4n) is 2.30. The van der Waals surface area contributed by atoms with E-state index in [1.807, 2.05) is 0 Å². The summed E-state index contributed by atoms with van der Waals surface area (Å²) in [5.41, 5.74) is -0.254. The average Bonchev–Trinajstić information content (AvgIpc) is 2.93. The van der Waals surface area contributed by atoms with E-state index in [0.29, 0.717) is 16.4 Å². The highest BCUT2D eigenvalue weighted by molar-refractivity contribution is 6.30. The van der Waals surface area contributed by atoms with Crippen molar-refractivity contribution in [3.05, 3.63) is 70.6 Å². The Morgan fingerprint density at radius 3 is 2.67 bits per heavy atom. The Morgan fingerprint density at radius 2 is 1.92 bits per heavy atom. The monoisotopic (exact) mass is 353 g/mol. The normalized spacial score (nSPS) is 11.7. The molecule has 124 valence electrons. The molecule has 1 amide bonds. The number of hydrogen-bond donors (Lipinski definition) is 1. The summed E-state index contributed by atoms with van der Waals surface area (Å²) in [4.78, 5) is 16.3. The van der Waals surface area contributed by atoms with Crippen molar-refractivity contribution in [2.75, 3.05) is 0 Å². The number of nitrogens with zero attached hydrogens (tertiary/aromatic N) is 2. The van der Waals surface area contributed by atoms with Crippen LogP contribution < -0.4 is 5.32 Å². The van der Waals surface area contributed by atoms with E-state index < -0.39 is 23.2 Å². The summed E-state index contributed by atoms with van der Waals surface area (Å²) >= 11 is 5.87. The van der Waals surface area contributed by atoms with Gasteiger partial charge in [0.25, 0.3) is 5.91 Å². The number of pyridine rings is 1. The average molecular weight is 354 g/mol. The third-order valence-electron chi connectivity index (χ3n) is 3.37. The van der Waals surface area contributed by atoms with Gasteiger partial charge in [-0.1, -0.05) is 23.7 Å². The molecular formula is C16H11ClF3N3O. The summed E-state index contributed by atoms with van der Waals surface area (Å²) in [6.45, 7) is 0.00429. The fraction of sp³-hybridized carbons (Fsp3) is 0.125. The molecule has 1 aromatic carbocycles. The highest BCUT2D eigenvalue weighted by atomic mass is 35.5. The number of carbonyl (C=O) groups excluding carboxylic acids is 1. The largest absolute Gasteiger partial charge is 0.417 e. The van der Waals surface area contributed by atoms with Gasteiger partial charge in [0.1, 0.15) is 5.65 Å². The zero-order valence-electron chi connectivity index (χ0n) is 12.1. The third kappa shape index (κ3) is 3.35. The van der Waals surface area contributed by atoms with Gasteiger partial charge in [-0.3, -0.25) is 4.79 Å². The molecule has 0 fully saturated rings. The van der Waals surface area contributed by atoms with E-state index in [4.69, 9.17) is 11.6 Å². The molecule has 0 saturated carbocycles. The Morgan fingerprint density at radius 1 is 1.17 bits per heavy atom. The Balaban J connectivity index is 1.78. The van der Waals surface area contributed by atoms with Crippen molar-refractivity contribution in [2.45, 2.75) is 12.7 Å². The van der Waals surface area contributed by atoms with E-state index in [9.17, 15) is 18.0 Å². The highest BCUT2D eigenvalue weighted by Gasteiger charge is 2.34. The van der Waals surface area contributed by atoms with Crippen LogP contribution in [0.1, 0.15) is 21.6 Å². The molecule has 1 N–H and O–H groups in total. The lowest BCUT2D eigenvalue weighted by Crippen LogP contribution is -2.26. The number of halogens is 4. The maximum atomic E-state index is 12.9. The first-order valence-electron chi connectivity index (χ1n) is 6.92. The van der Waals surface area contributed by atoms with Crippen LogP contribution in [0.5, 0.6) is 0 Å². The van der Waals surface area contributed by atoms with Gasteiger partial charge in [-0.05, 0) is 24.3 Å². The number of aromatic nitrogens is 2. The van der Waals surface area contributed by atoms with E-state index in [0.717, 1.165) is 12.1 Å². The van der Waals surface area contributed by atoms with Gasteiger partial charge in [0, 0.05) is 12.4 Å². The van der Waals surface area contributed by atoms with Crippen molar-refractivity contribution >= 4 is 23.2 Å². The number of benzene rings is 1. The molecule has 0 unspecified atom stereocenters. The lowest BCUT2D eigenvalue weighted by molar-refractivity contribution is -0.137. The van der Waals surface area contributed by atoms with Gasteiger partial charge < -0.3 is 9.72 Å². The molecule has 0 aliphatic rings. The molecule has 0 atom stereocenters. The second-order valence-corrected chi connectivity index (χ2v) is 5.51. The van der Waals surface area contributed by atoms with E-state index >= 15 is 0 Å². The predicted molar refractivity (Wildman–Crippen MR) is 82.8 cm³/mol. The number of carbonyl (C=O) groups is 1. The number of amides is 1.